The molecule has 1 saturated heterocycles. The molecule has 0 spiro atoms. The molecule has 0 bridgehead atoms. The van der Waals surface area contributed by atoms with Gasteiger partial charge in [-0.2, -0.15) is 0 Å². The van der Waals surface area contributed by atoms with Crippen molar-refractivity contribution in [1.82, 2.24) is 5.32 Å². The molecule has 0 aromatic rings. The van der Waals surface area contributed by atoms with Crippen LogP contribution in [0.5, 0.6) is 0 Å². The van der Waals surface area contributed by atoms with E-state index in [1.165, 1.54) is 0 Å². The molecule has 2 unspecified atom stereocenters. The van der Waals surface area contributed by atoms with Gasteiger partial charge < -0.3 is 5.32 Å². The minimum absolute atomic E-state index is 0.116. The molecule has 1 heterocycles. The molecule has 1 aliphatic heterocycles. The van der Waals surface area contributed by atoms with Crippen LogP contribution >= 0.6 is 0 Å². The van der Waals surface area contributed by atoms with Crippen LogP contribution in [0.15, 0.2) is 0 Å². The van der Waals surface area contributed by atoms with E-state index < -0.39 is 6.17 Å². The summed E-state index contributed by atoms with van der Waals surface area (Å²) in [5, 5.41) is 3.13. The zero-order chi connectivity index (χ0) is 8.85. The monoisotopic (exact) mass is 161 g/mol. The van der Waals surface area contributed by atoms with E-state index in [0.717, 1.165) is 6.54 Å². The summed E-state index contributed by atoms with van der Waals surface area (Å²) in [7, 11) is 0. The van der Waals surface area contributed by atoms with Crippen LogP contribution < -0.4 is 5.32 Å². The molecule has 0 saturated carbocycles. The summed E-state index contributed by atoms with van der Waals surface area (Å²) in [5.74, 6) is 0.433. The zero-order valence-electron chi connectivity index (χ0n) is 8.02. The number of hydrogen-bond donors (Lipinski definition) is 1. The maximum absolute atomic E-state index is 12.8. The number of alkyl halides is 1. The molecule has 1 aliphatic rings. The van der Waals surface area contributed by atoms with Gasteiger partial charge in [-0.15, -0.1) is 0 Å². The van der Waals surface area contributed by atoms with Crippen molar-refractivity contribution in [3.05, 3.63) is 0 Å². The Bertz CT molecular complexity index is 93.6. The minimum Gasteiger partial charge on any atom is -0.311 e. The van der Waals surface area contributed by atoms with Gasteiger partial charge >= 0.3 is 0 Å². The summed E-state index contributed by atoms with van der Waals surface area (Å²) in [6, 6.07) is 0.116. The Balaban J connectivity index is 0.000000461. The standard InChI is InChI=1S/C7H14FN.C2H6/c1-5(2)7-6(8)3-4-9-7;1-2/h5-7,9H,3-4H2,1-2H3;1-2H3. The fourth-order valence-electron chi connectivity index (χ4n) is 1.35. The third kappa shape index (κ3) is 3.19. The highest BCUT2D eigenvalue weighted by Crippen LogP contribution is 2.17. The third-order valence-corrected chi connectivity index (χ3v) is 1.91. The zero-order valence-corrected chi connectivity index (χ0v) is 8.02. The predicted octanol–water partition coefficient (Wildman–Crippen LogP) is 2.37. The summed E-state index contributed by atoms with van der Waals surface area (Å²) < 4.78 is 12.8. The third-order valence-electron chi connectivity index (χ3n) is 1.91. The van der Waals surface area contributed by atoms with Crippen molar-refractivity contribution in [3.8, 4) is 0 Å². The molecular weight excluding hydrogens is 141 g/mol. The molecule has 0 aromatic heterocycles. The summed E-state index contributed by atoms with van der Waals surface area (Å²) in [4.78, 5) is 0. The molecule has 0 amide bonds. The minimum atomic E-state index is -0.606. The Labute approximate surface area is 69.4 Å². The molecule has 0 aliphatic carbocycles. The van der Waals surface area contributed by atoms with Crippen molar-refractivity contribution in [2.45, 2.75) is 46.3 Å². The number of hydrogen-bond acceptors (Lipinski definition) is 1. The lowest BCUT2D eigenvalue weighted by Gasteiger charge is -2.16. The van der Waals surface area contributed by atoms with E-state index in [-0.39, 0.29) is 6.04 Å². The van der Waals surface area contributed by atoms with Gasteiger partial charge in [0.25, 0.3) is 0 Å². The summed E-state index contributed by atoms with van der Waals surface area (Å²) >= 11 is 0. The van der Waals surface area contributed by atoms with Gasteiger partial charge in [-0.05, 0) is 18.9 Å². The number of halogens is 1. The van der Waals surface area contributed by atoms with Crippen LogP contribution in [0, 0.1) is 5.92 Å². The van der Waals surface area contributed by atoms with Crippen molar-refractivity contribution in [2.75, 3.05) is 6.54 Å². The van der Waals surface area contributed by atoms with Gasteiger partial charge in [0.05, 0.1) is 0 Å². The highest BCUT2D eigenvalue weighted by molar-refractivity contribution is 4.85. The van der Waals surface area contributed by atoms with Crippen molar-refractivity contribution in [3.63, 3.8) is 0 Å². The Kier molecular flexibility index (Phi) is 5.47. The average molecular weight is 161 g/mol. The summed E-state index contributed by atoms with van der Waals surface area (Å²) in [6.45, 7) is 8.95. The molecule has 1 N–H and O–H groups in total. The summed E-state index contributed by atoms with van der Waals surface area (Å²) in [6.07, 6.45) is 0.0908. The van der Waals surface area contributed by atoms with Gasteiger partial charge in [-0.1, -0.05) is 27.7 Å². The van der Waals surface area contributed by atoms with Crippen molar-refractivity contribution < 1.29 is 4.39 Å². The van der Waals surface area contributed by atoms with Gasteiger partial charge in [0, 0.05) is 6.04 Å². The first-order chi connectivity index (χ1) is 5.22. The van der Waals surface area contributed by atoms with E-state index in [4.69, 9.17) is 0 Å². The Morgan fingerprint density at radius 3 is 2.09 bits per heavy atom. The first-order valence-electron chi connectivity index (χ1n) is 4.59. The average Bonchev–Trinajstić information content (AvgIpc) is 2.39. The smallest absolute Gasteiger partial charge is 0.117 e. The van der Waals surface area contributed by atoms with Crippen molar-refractivity contribution in [1.29, 1.82) is 0 Å². The lowest BCUT2D eigenvalue weighted by Crippen LogP contribution is -2.33. The number of nitrogens with one attached hydrogen (secondary N) is 1. The molecule has 1 fully saturated rings. The van der Waals surface area contributed by atoms with E-state index >= 15 is 0 Å². The normalized spacial score (nSPS) is 30.0. The second-order valence-electron chi connectivity index (χ2n) is 3.03. The first-order valence-corrected chi connectivity index (χ1v) is 4.59. The highest BCUT2D eigenvalue weighted by Gasteiger charge is 2.28. The molecule has 0 aromatic carbocycles. The van der Waals surface area contributed by atoms with Crippen LogP contribution in [0.25, 0.3) is 0 Å². The van der Waals surface area contributed by atoms with Crippen LogP contribution in [-0.2, 0) is 0 Å². The molecule has 2 atom stereocenters. The molecule has 68 valence electrons. The highest BCUT2D eigenvalue weighted by atomic mass is 19.1. The van der Waals surface area contributed by atoms with E-state index in [1.807, 2.05) is 13.8 Å². The van der Waals surface area contributed by atoms with Gasteiger partial charge in [0.1, 0.15) is 6.17 Å². The van der Waals surface area contributed by atoms with Crippen molar-refractivity contribution >= 4 is 0 Å². The lowest BCUT2D eigenvalue weighted by molar-refractivity contribution is 0.259. The SMILES string of the molecule is CC.CC(C)C1NCCC1F. The molecular formula is C9H20FN. The second kappa shape index (κ2) is 5.53. The van der Waals surface area contributed by atoms with Gasteiger partial charge in [-0.3, -0.25) is 0 Å². The topological polar surface area (TPSA) is 12.0 Å². The quantitative estimate of drug-likeness (QED) is 0.622. The number of rotatable bonds is 1. The Hall–Kier alpha value is -0.110. The van der Waals surface area contributed by atoms with Gasteiger partial charge in [0.2, 0.25) is 0 Å². The van der Waals surface area contributed by atoms with Gasteiger partial charge in [-0.25, -0.2) is 4.39 Å². The Morgan fingerprint density at radius 2 is 1.91 bits per heavy atom. The maximum atomic E-state index is 12.8. The molecule has 2 heteroatoms. The van der Waals surface area contributed by atoms with E-state index in [2.05, 4.69) is 19.2 Å². The van der Waals surface area contributed by atoms with E-state index in [0.29, 0.717) is 12.3 Å². The van der Waals surface area contributed by atoms with Crippen LogP contribution in [0.3, 0.4) is 0 Å². The molecule has 1 nitrogen and oxygen atoms in total. The van der Waals surface area contributed by atoms with Gasteiger partial charge in [0.15, 0.2) is 0 Å². The largest absolute Gasteiger partial charge is 0.311 e. The fraction of sp³-hybridized carbons (Fsp3) is 1.00. The predicted molar refractivity (Wildman–Crippen MR) is 47.5 cm³/mol. The first kappa shape index (κ1) is 10.9. The Morgan fingerprint density at radius 1 is 1.36 bits per heavy atom. The molecule has 11 heavy (non-hydrogen) atoms. The second-order valence-corrected chi connectivity index (χ2v) is 3.03. The lowest BCUT2D eigenvalue weighted by atomic mass is 10.0. The van der Waals surface area contributed by atoms with Crippen LogP contribution in [-0.4, -0.2) is 18.8 Å². The molecule has 0 radical (unpaired) electrons. The van der Waals surface area contributed by atoms with E-state index in [9.17, 15) is 4.39 Å². The van der Waals surface area contributed by atoms with Crippen LogP contribution in [0.2, 0.25) is 0 Å². The fourth-order valence-corrected chi connectivity index (χ4v) is 1.35. The maximum Gasteiger partial charge on any atom is 0.117 e. The van der Waals surface area contributed by atoms with Crippen molar-refractivity contribution in [2.24, 2.45) is 5.92 Å². The van der Waals surface area contributed by atoms with Crippen LogP contribution in [0.1, 0.15) is 34.1 Å². The molecule has 1 rings (SSSR count). The van der Waals surface area contributed by atoms with Crippen LogP contribution in [0.4, 0.5) is 4.39 Å². The summed E-state index contributed by atoms with van der Waals surface area (Å²) in [5.41, 5.74) is 0. The van der Waals surface area contributed by atoms with E-state index in [1.54, 1.807) is 0 Å².